The maximum absolute atomic E-state index is 4.85. The van der Waals surface area contributed by atoms with Gasteiger partial charge in [0, 0.05) is 0 Å². The molecular formula is C33H27N7. The fourth-order valence-electron chi connectivity index (χ4n) is 5.13. The zero-order valence-corrected chi connectivity index (χ0v) is 22.3. The van der Waals surface area contributed by atoms with Crippen LogP contribution >= 0.6 is 0 Å². The van der Waals surface area contributed by atoms with Gasteiger partial charge in [0.2, 0.25) is 0 Å². The van der Waals surface area contributed by atoms with E-state index in [-0.39, 0.29) is 12.1 Å². The summed E-state index contributed by atoms with van der Waals surface area (Å²) >= 11 is 0. The first-order chi connectivity index (χ1) is 19.6. The summed E-state index contributed by atoms with van der Waals surface area (Å²) in [6.45, 7) is 4.25. The minimum absolute atomic E-state index is 0.0329. The van der Waals surface area contributed by atoms with Crippen molar-refractivity contribution in [2.24, 2.45) is 0 Å². The Labute approximate surface area is 231 Å². The Bertz CT molecular complexity index is 1830. The normalized spacial score (nSPS) is 13.1. The van der Waals surface area contributed by atoms with E-state index < -0.39 is 0 Å². The first-order valence-electron chi connectivity index (χ1n) is 13.4. The van der Waals surface area contributed by atoms with E-state index >= 15 is 0 Å². The van der Waals surface area contributed by atoms with E-state index in [9.17, 15) is 0 Å². The van der Waals surface area contributed by atoms with Gasteiger partial charge < -0.3 is 0 Å². The van der Waals surface area contributed by atoms with Gasteiger partial charge in [-0.1, -0.05) is 89.3 Å². The number of nitrogens with zero attached hydrogens (tertiary/aromatic N) is 7. The summed E-state index contributed by atoms with van der Waals surface area (Å²) in [5, 5.41) is 22.6. The number of pyridine rings is 1. The van der Waals surface area contributed by atoms with Crippen LogP contribution in [0.25, 0.3) is 44.3 Å². The van der Waals surface area contributed by atoms with Crippen molar-refractivity contribution >= 4 is 21.5 Å². The van der Waals surface area contributed by atoms with Crippen molar-refractivity contribution in [2.75, 3.05) is 0 Å². The molecule has 0 amide bonds. The smallest absolute Gasteiger partial charge is 0.131 e. The van der Waals surface area contributed by atoms with Crippen molar-refractivity contribution in [1.82, 2.24) is 35.0 Å². The summed E-state index contributed by atoms with van der Waals surface area (Å²) in [6.07, 6.45) is 3.90. The lowest BCUT2D eigenvalue weighted by molar-refractivity contribution is 0.543. The van der Waals surface area contributed by atoms with Gasteiger partial charge in [-0.2, -0.15) is 0 Å². The predicted octanol–water partition coefficient (Wildman–Crippen LogP) is 7.12. The molecule has 0 spiro atoms. The Morgan fingerprint density at radius 2 is 0.925 bits per heavy atom. The van der Waals surface area contributed by atoms with Gasteiger partial charge in [0.1, 0.15) is 11.4 Å². The zero-order chi connectivity index (χ0) is 27.1. The summed E-state index contributed by atoms with van der Waals surface area (Å²) in [4.78, 5) is 4.85. The SMILES string of the molecule is CC(c1ccc2ccccc2c1)n1cc(-c2cccc(-c3cn(C(C)c4ccc5ccccc5c4)nn3)n2)nn1. The second-order valence-corrected chi connectivity index (χ2v) is 10.1. The maximum atomic E-state index is 4.85. The molecule has 7 heteroatoms. The van der Waals surface area contributed by atoms with Crippen LogP contribution in [-0.4, -0.2) is 35.0 Å². The van der Waals surface area contributed by atoms with Crippen LogP contribution in [0.1, 0.15) is 37.1 Å². The number of hydrogen-bond donors (Lipinski definition) is 0. The summed E-state index contributed by atoms with van der Waals surface area (Å²) in [5.74, 6) is 0. The minimum Gasteiger partial charge on any atom is -0.245 e. The number of fused-ring (bicyclic) bond motifs is 2. The Kier molecular flexibility index (Phi) is 5.89. The van der Waals surface area contributed by atoms with Gasteiger partial charge in [-0.25, -0.2) is 14.3 Å². The molecule has 194 valence electrons. The van der Waals surface area contributed by atoms with Crippen molar-refractivity contribution in [1.29, 1.82) is 0 Å². The molecule has 0 aliphatic carbocycles. The van der Waals surface area contributed by atoms with Crippen LogP contribution in [0.2, 0.25) is 0 Å². The summed E-state index contributed by atoms with van der Waals surface area (Å²) in [5.41, 5.74) is 5.26. The number of hydrogen-bond acceptors (Lipinski definition) is 5. The van der Waals surface area contributed by atoms with E-state index in [1.807, 2.05) is 40.0 Å². The van der Waals surface area contributed by atoms with Gasteiger partial charge in [0.05, 0.1) is 35.9 Å². The minimum atomic E-state index is 0.0329. The topological polar surface area (TPSA) is 74.3 Å². The molecule has 3 aromatic heterocycles. The van der Waals surface area contributed by atoms with Crippen LogP contribution in [0.5, 0.6) is 0 Å². The van der Waals surface area contributed by atoms with Crippen molar-refractivity contribution in [3.05, 3.63) is 127 Å². The van der Waals surface area contributed by atoms with Gasteiger partial charge in [0.25, 0.3) is 0 Å². The summed E-state index contributed by atoms with van der Waals surface area (Å²) in [7, 11) is 0. The molecule has 0 N–H and O–H groups in total. The molecule has 7 nitrogen and oxygen atoms in total. The first kappa shape index (κ1) is 23.9. The van der Waals surface area contributed by atoms with Crippen molar-refractivity contribution in [2.45, 2.75) is 25.9 Å². The lowest BCUT2D eigenvalue weighted by atomic mass is 10.0. The molecule has 7 aromatic rings. The third kappa shape index (κ3) is 4.41. The molecule has 0 aliphatic rings. The standard InChI is InChI=1S/C33H27N7/c1-22(26-16-14-24-8-3-5-10-28(24)18-26)39-20-32(35-37-39)30-12-7-13-31(34-30)33-21-40(38-36-33)23(2)27-17-15-25-9-4-6-11-29(25)19-27/h3-23H,1-2H3. The van der Waals surface area contributed by atoms with Gasteiger partial charge in [-0.15, -0.1) is 10.2 Å². The quantitative estimate of drug-likeness (QED) is 0.233. The van der Waals surface area contributed by atoms with Crippen LogP contribution in [0, 0.1) is 0 Å². The fourth-order valence-corrected chi connectivity index (χ4v) is 5.13. The van der Waals surface area contributed by atoms with E-state index in [0.717, 1.165) is 11.4 Å². The van der Waals surface area contributed by atoms with Crippen molar-refractivity contribution in [3.63, 3.8) is 0 Å². The summed E-state index contributed by atoms with van der Waals surface area (Å²) in [6, 6.07) is 35.7. The second-order valence-electron chi connectivity index (χ2n) is 10.1. The van der Waals surface area contributed by atoms with E-state index in [0.29, 0.717) is 11.4 Å². The lowest BCUT2D eigenvalue weighted by Gasteiger charge is -2.12. The monoisotopic (exact) mass is 521 g/mol. The van der Waals surface area contributed by atoms with Gasteiger partial charge in [0.15, 0.2) is 0 Å². The largest absolute Gasteiger partial charge is 0.245 e. The number of rotatable bonds is 6. The first-order valence-corrected chi connectivity index (χ1v) is 13.4. The van der Waals surface area contributed by atoms with E-state index in [1.54, 1.807) is 0 Å². The van der Waals surface area contributed by atoms with Crippen LogP contribution < -0.4 is 0 Å². The molecular weight excluding hydrogens is 494 g/mol. The molecule has 0 aliphatic heterocycles. The Morgan fingerprint density at radius 1 is 0.475 bits per heavy atom. The third-order valence-corrected chi connectivity index (χ3v) is 7.60. The third-order valence-electron chi connectivity index (χ3n) is 7.60. The molecule has 0 radical (unpaired) electrons. The average molecular weight is 522 g/mol. The van der Waals surface area contributed by atoms with Crippen molar-refractivity contribution < 1.29 is 0 Å². The highest BCUT2D eigenvalue weighted by atomic mass is 15.4. The van der Waals surface area contributed by atoms with E-state index in [4.69, 9.17) is 4.98 Å². The summed E-state index contributed by atoms with van der Waals surface area (Å²) < 4.78 is 3.77. The molecule has 7 rings (SSSR count). The van der Waals surface area contributed by atoms with Crippen molar-refractivity contribution in [3.8, 4) is 22.8 Å². The molecule has 0 fully saturated rings. The Hall–Kier alpha value is -5.17. The molecule has 3 heterocycles. The highest BCUT2D eigenvalue weighted by molar-refractivity contribution is 5.83. The molecule has 2 unspecified atom stereocenters. The number of aromatic nitrogens is 7. The average Bonchev–Trinajstić information content (AvgIpc) is 3.71. The Balaban J connectivity index is 1.13. The maximum Gasteiger partial charge on any atom is 0.131 e. The highest BCUT2D eigenvalue weighted by Crippen LogP contribution is 2.27. The molecule has 4 aromatic carbocycles. The lowest BCUT2D eigenvalue weighted by Crippen LogP contribution is -2.07. The molecule has 0 saturated carbocycles. The van der Waals surface area contributed by atoms with E-state index in [2.05, 4.69) is 119 Å². The Morgan fingerprint density at radius 3 is 1.40 bits per heavy atom. The van der Waals surface area contributed by atoms with Crippen LogP contribution in [0.3, 0.4) is 0 Å². The highest BCUT2D eigenvalue weighted by Gasteiger charge is 2.16. The predicted molar refractivity (Wildman–Crippen MR) is 158 cm³/mol. The molecule has 2 atom stereocenters. The molecule has 40 heavy (non-hydrogen) atoms. The van der Waals surface area contributed by atoms with Crippen LogP contribution in [0.15, 0.2) is 116 Å². The second kappa shape index (κ2) is 9.85. The van der Waals surface area contributed by atoms with E-state index in [1.165, 1.54) is 32.7 Å². The fraction of sp³-hybridized carbons (Fsp3) is 0.121. The van der Waals surface area contributed by atoms with Crippen LogP contribution in [-0.2, 0) is 0 Å². The number of benzene rings is 4. The molecule has 0 bridgehead atoms. The van der Waals surface area contributed by atoms with Gasteiger partial charge >= 0.3 is 0 Å². The van der Waals surface area contributed by atoms with Gasteiger partial charge in [-0.3, -0.25) is 0 Å². The molecule has 0 saturated heterocycles. The van der Waals surface area contributed by atoms with Gasteiger partial charge in [-0.05, 0) is 70.8 Å². The van der Waals surface area contributed by atoms with Crippen LogP contribution in [0.4, 0.5) is 0 Å². The zero-order valence-electron chi connectivity index (χ0n) is 22.3.